The minimum Gasteiger partial charge on any atom is -0.345 e. The fourth-order valence-corrected chi connectivity index (χ4v) is 4.11. The highest BCUT2D eigenvalue weighted by Crippen LogP contribution is 2.26. The summed E-state index contributed by atoms with van der Waals surface area (Å²) in [5, 5.41) is 2.53. The number of nitrogens with one attached hydrogen (secondary N) is 2. The molecule has 2 N–H and O–H groups in total. The third-order valence-corrected chi connectivity index (χ3v) is 5.92. The number of carbonyl (C=O) groups is 2. The summed E-state index contributed by atoms with van der Waals surface area (Å²) >= 11 is 0. The van der Waals surface area contributed by atoms with Crippen LogP contribution in [0.3, 0.4) is 0 Å². The van der Waals surface area contributed by atoms with Crippen molar-refractivity contribution in [3.05, 3.63) is 94.6 Å². The molecule has 0 saturated carbocycles. The Hall–Kier alpha value is -4.14. The molecule has 0 unspecified atom stereocenters. The van der Waals surface area contributed by atoms with Gasteiger partial charge in [0.2, 0.25) is 0 Å². The predicted octanol–water partition coefficient (Wildman–Crippen LogP) is 5.09. The van der Waals surface area contributed by atoms with Crippen molar-refractivity contribution in [2.24, 2.45) is 0 Å². The van der Waals surface area contributed by atoms with Crippen LogP contribution in [0, 0.1) is 5.82 Å². The molecule has 9 heteroatoms. The first-order valence-electron chi connectivity index (χ1n) is 10.6. The number of nitrogens with zero attached hydrogens (tertiary/aromatic N) is 2. The van der Waals surface area contributed by atoms with E-state index in [1.54, 1.807) is 41.6 Å². The zero-order valence-electron chi connectivity index (χ0n) is 17.8. The van der Waals surface area contributed by atoms with Crippen LogP contribution < -0.4 is 5.32 Å². The van der Waals surface area contributed by atoms with E-state index in [1.807, 2.05) is 6.07 Å². The van der Waals surface area contributed by atoms with Crippen LogP contribution in [0.4, 0.5) is 18.9 Å². The maximum Gasteiger partial charge on any atom is 0.266 e. The number of benzene rings is 3. The lowest BCUT2D eigenvalue weighted by atomic mass is 9.96. The van der Waals surface area contributed by atoms with Gasteiger partial charge in [-0.05, 0) is 66.1 Å². The Balaban J connectivity index is 1.33. The largest absolute Gasteiger partial charge is 0.345 e. The van der Waals surface area contributed by atoms with Crippen molar-refractivity contribution in [2.75, 3.05) is 11.9 Å². The molecule has 0 atom stereocenters. The second kappa shape index (κ2) is 8.66. The van der Waals surface area contributed by atoms with E-state index in [0.29, 0.717) is 30.6 Å². The fraction of sp³-hybridized carbons (Fsp3) is 0.160. The van der Waals surface area contributed by atoms with Gasteiger partial charge in [-0.3, -0.25) is 9.59 Å². The Morgan fingerprint density at radius 3 is 2.65 bits per heavy atom. The van der Waals surface area contributed by atoms with Gasteiger partial charge in [0.15, 0.2) is 0 Å². The van der Waals surface area contributed by atoms with Gasteiger partial charge in [0.25, 0.3) is 18.2 Å². The van der Waals surface area contributed by atoms with Gasteiger partial charge in [-0.15, -0.1) is 0 Å². The summed E-state index contributed by atoms with van der Waals surface area (Å²) in [6.45, 7) is 0.882. The van der Waals surface area contributed by atoms with Crippen molar-refractivity contribution in [2.45, 2.75) is 19.4 Å². The topological polar surface area (TPSA) is 78.1 Å². The Bertz CT molecular complexity index is 1420. The van der Waals surface area contributed by atoms with Gasteiger partial charge in [-0.2, -0.15) is 0 Å². The third-order valence-electron chi connectivity index (χ3n) is 5.92. The number of H-pyrrole nitrogens is 1. The molecule has 0 aliphatic carbocycles. The molecule has 1 aliphatic rings. The van der Waals surface area contributed by atoms with Crippen LogP contribution in [0.1, 0.15) is 43.8 Å². The summed E-state index contributed by atoms with van der Waals surface area (Å²) in [5.74, 6) is -1.66. The molecule has 3 aromatic carbocycles. The van der Waals surface area contributed by atoms with Crippen LogP contribution in [-0.4, -0.2) is 33.2 Å². The molecular weight excluding hydrogens is 445 g/mol. The molecule has 6 nitrogen and oxygen atoms in total. The van der Waals surface area contributed by atoms with Crippen molar-refractivity contribution in [3.63, 3.8) is 0 Å². The molecule has 1 aromatic heterocycles. The highest BCUT2D eigenvalue weighted by molar-refractivity contribution is 6.04. The highest BCUT2D eigenvalue weighted by Gasteiger charge is 2.23. The van der Waals surface area contributed by atoms with Crippen LogP contribution in [0.2, 0.25) is 0 Å². The van der Waals surface area contributed by atoms with Crippen molar-refractivity contribution in [1.82, 2.24) is 14.9 Å². The molecule has 2 amide bonds. The summed E-state index contributed by atoms with van der Waals surface area (Å²) in [6, 6.07) is 13.5. The van der Waals surface area contributed by atoms with E-state index in [9.17, 15) is 22.8 Å². The number of aromatic amines is 1. The number of amides is 2. The molecule has 4 aromatic rings. The molecule has 0 fully saturated rings. The van der Waals surface area contributed by atoms with E-state index < -0.39 is 23.7 Å². The predicted molar refractivity (Wildman–Crippen MR) is 120 cm³/mol. The first kappa shape index (κ1) is 21.7. The summed E-state index contributed by atoms with van der Waals surface area (Å²) in [6.07, 6.45) is -0.772. The van der Waals surface area contributed by atoms with Crippen molar-refractivity contribution < 1.29 is 22.8 Å². The number of rotatable bonds is 4. The number of anilines is 1. The van der Waals surface area contributed by atoms with Crippen LogP contribution in [0.15, 0.2) is 60.9 Å². The van der Waals surface area contributed by atoms with Crippen molar-refractivity contribution >= 4 is 28.5 Å². The lowest BCUT2D eigenvalue weighted by Gasteiger charge is -2.29. The fourth-order valence-electron chi connectivity index (χ4n) is 4.11. The summed E-state index contributed by atoms with van der Waals surface area (Å²) in [5.41, 5.74) is 3.58. The zero-order chi connectivity index (χ0) is 23.8. The van der Waals surface area contributed by atoms with E-state index in [1.165, 1.54) is 6.07 Å². The third kappa shape index (κ3) is 4.12. The van der Waals surface area contributed by atoms with Crippen LogP contribution in [0.5, 0.6) is 0 Å². The Labute approximate surface area is 192 Å². The Kier molecular flexibility index (Phi) is 5.53. The maximum absolute atomic E-state index is 13.5. The molecule has 0 radical (unpaired) electrons. The summed E-state index contributed by atoms with van der Waals surface area (Å²) in [4.78, 5) is 34.7. The number of carbonyl (C=O) groups excluding carboxylic acids is 2. The van der Waals surface area contributed by atoms with E-state index in [-0.39, 0.29) is 11.6 Å². The van der Waals surface area contributed by atoms with E-state index >= 15 is 0 Å². The highest BCUT2D eigenvalue weighted by atomic mass is 19.3. The number of hydrogen-bond donors (Lipinski definition) is 2. The molecule has 2 heterocycles. The van der Waals surface area contributed by atoms with Crippen LogP contribution in [0.25, 0.3) is 11.0 Å². The van der Waals surface area contributed by atoms with Gasteiger partial charge in [0.05, 0.1) is 22.9 Å². The second-order valence-corrected chi connectivity index (χ2v) is 8.09. The first-order valence-corrected chi connectivity index (χ1v) is 10.6. The number of hydrogen-bond acceptors (Lipinski definition) is 3. The molecule has 0 saturated heterocycles. The van der Waals surface area contributed by atoms with Crippen molar-refractivity contribution in [3.8, 4) is 0 Å². The number of imidazole rings is 1. The second-order valence-electron chi connectivity index (χ2n) is 8.09. The molecule has 34 heavy (non-hydrogen) atoms. The number of halogens is 3. The van der Waals surface area contributed by atoms with Crippen LogP contribution in [-0.2, 0) is 13.0 Å². The van der Waals surface area contributed by atoms with Gasteiger partial charge < -0.3 is 15.2 Å². The number of aromatic nitrogens is 2. The standard InChI is InChI=1S/C25H19F3N4O2/c26-20-5-4-18(11-19(20)23(27)28)31-24(33)15-2-1-14-7-8-32(12-17(14)9-15)25(34)16-3-6-21-22(10-16)30-13-29-21/h1-6,9-11,13,23H,7-8,12H2,(H,29,30)(H,31,33). The lowest BCUT2D eigenvalue weighted by molar-refractivity contribution is 0.0735. The minimum absolute atomic E-state index is 0.0745. The maximum atomic E-state index is 13.5. The zero-order valence-corrected chi connectivity index (χ0v) is 17.8. The molecular formula is C25H19F3N4O2. The average molecular weight is 464 g/mol. The lowest BCUT2D eigenvalue weighted by Crippen LogP contribution is -2.36. The molecule has 0 bridgehead atoms. The van der Waals surface area contributed by atoms with Gasteiger partial charge in [-0.1, -0.05) is 6.07 Å². The quantitative estimate of drug-likeness (QED) is 0.442. The Morgan fingerprint density at radius 2 is 1.82 bits per heavy atom. The molecule has 0 spiro atoms. The summed E-state index contributed by atoms with van der Waals surface area (Å²) in [7, 11) is 0. The minimum atomic E-state index is -2.99. The van der Waals surface area contributed by atoms with Gasteiger partial charge in [0, 0.05) is 29.9 Å². The normalized spacial score (nSPS) is 13.2. The molecule has 1 aliphatic heterocycles. The van der Waals surface area contributed by atoms with E-state index in [2.05, 4.69) is 15.3 Å². The average Bonchev–Trinajstić information content (AvgIpc) is 3.32. The smallest absolute Gasteiger partial charge is 0.266 e. The number of fused-ring (bicyclic) bond motifs is 2. The molecule has 5 rings (SSSR count). The van der Waals surface area contributed by atoms with Crippen molar-refractivity contribution in [1.29, 1.82) is 0 Å². The number of alkyl halides is 2. The SMILES string of the molecule is O=C(Nc1ccc(F)c(C(F)F)c1)c1ccc2c(c1)CN(C(=O)c1ccc3nc[nH]c3c1)CC2. The van der Waals surface area contributed by atoms with Gasteiger partial charge in [-0.25, -0.2) is 18.2 Å². The van der Waals surface area contributed by atoms with Gasteiger partial charge >= 0.3 is 0 Å². The first-order chi connectivity index (χ1) is 16.4. The van der Waals surface area contributed by atoms with E-state index in [0.717, 1.165) is 34.3 Å². The van der Waals surface area contributed by atoms with E-state index in [4.69, 9.17) is 0 Å². The van der Waals surface area contributed by atoms with Crippen LogP contribution >= 0.6 is 0 Å². The summed E-state index contributed by atoms with van der Waals surface area (Å²) < 4.78 is 39.4. The molecule has 172 valence electrons. The monoisotopic (exact) mass is 464 g/mol. The Morgan fingerprint density at radius 1 is 1.00 bits per heavy atom. The van der Waals surface area contributed by atoms with Gasteiger partial charge in [0.1, 0.15) is 5.82 Å².